The lowest BCUT2D eigenvalue weighted by Gasteiger charge is -2.35. The Morgan fingerprint density at radius 3 is 2.63 bits per heavy atom. The number of hydrogen-bond acceptors (Lipinski definition) is 7. The Labute approximate surface area is 161 Å². The molecule has 1 N–H and O–H groups in total. The van der Waals surface area contributed by atoms with Crippen LogP contribution in [-0.2, 0) is 14.6 Å². The highest BCUT2D eigenvalue weighted by Crippen LogP contribution is 2.23. The van der Waals surface area contributed by atoms with Crippen molar-refractivity contribution in [1.29, 1.82) is 0 Å². The molecular formula is C19H28N4O3S. The Balaban J connectivity index is 1.83. The summed E-state index contributed by atoms with van der Waals surface area (Å²) in [6.07, 6.45) is 3.80. The van der Waals surface area contributed by atoms with Crippen LogP contribution in [0.3, 0.4) is 0 Å². The van der Waals surface area contributed by atoms with Gasteiger partial charge in [0, 0.05) is 37.3 Å². The smallest absolute Gasteiger partial charge is 0.175 e. The van der Waals surface area contributed by atoms with Crippen molar-refractivity contribution in [2.24, 2.45) is 5.92 Å². The van der Waals surface area contributed by atoms with E-state index in [1.807, 2.05) is 0 Å². The summed E-state index contributed by atoms with van der Waals surface area (Å²) in [5, 5.41) is 4.17. The van der Waals surface area contributed by atoms with Crippen LogP contribution < -0.4 is 5.32 Å². The second-order valence-corrected chi connectivity index (χ2v) is 9.50. The number of aromatic nitrogens is 2. The Hall–Kier alpha value is -1.77. The monoisotopic (exact) mass is 392 g/mol. The van der Waals surface area contributed by atoms with Crippen molar-refractivity contribution in [3.8, 4) is 0 Å². The number of nitrogens with one attached hydrogen (secondary N) is 1. The highest BCUT2D eigenvalue weighted by molar-refractivity contribution is 7.90. The normalized spacial score (nSPS) is 17.3. The molecule has 7 nitrogen and oxygen atoms in total. The number of ether oxygens (including phenoxy) is 1. The molecule has 0 spiro atoms. The first-order valence-corrected chi connectivity index (χ1v) is 11.2. The number of nitrogens with zero attached hydrogens (tertiary/aromatic N) is 3. The maximum Gasteiger partial charge on any atom is 0.175 e. The molecule has 8 heteroatoms. The van der Waals surface area contributed by atoms with Crippen molar-refractivity contribution in [2.45, 2.75) is 31.2 Å². The quantitative estimate of drug-likeness (QED) is 0.773. The molecule has 1 aliphatic rings. The molecule has 1 unspecified atom stereocenters. The van der Waals surface area contributed by atoms with Gasteiger partial charge in [-0.25, -0.2) is 18.4 Å². The van der Waals surface area contributed by atoms with E-state index in [-0.39, 0.29) is 4.90 Å². The third kappa shape index (κ3) is 5.15. The first-order valence-electron chi connectivity index (χ1n) is 9.35. The minimum atomic E-state index is -3.28. The molecule has 1 aromatic carbocycles. The largest absolute Gasteiger partial charge is 0.379 e. The predicted molar refractivity (Wildman–Crippen MR) is 107 cm³/mol. The number of morpholine rings is 1. The summed E-state index contributed by atoms with van der Waals surface area (Å²) in [5.74, 6) is 1.26. The minimum Gasteiger partial charge on any atom is -0.379 e. The maximum atomic E-state index is 11.9. The minimum absolute atomic E-state index is 0.278. The summed E-state index contributed by atoms with van der Waals surface area (Å²) in [5.41, 5.74) is 0.728. The predicted octanol–water partition coefficient (Wildman–Crippen LogP) is 2.19. The summed E-state index contributed by atoms with van der Waals surface area (Å²) in [7, 11) is -3.28. The second kappa shape index (κ2) is 8.50. The Morgan fingerprint density at radius 1 is 1.22 bits per heavy atom. The second-order valence-electron chi connectivity index (χ2n) is 7.49. The first-order chi connectivity index (χ1) is 12.8. The SMILES string of the molecule is CC(C)CC(CNc1ncnc2ccc(S(C)(=O)=O)cc12)N1CCOCC1. The van der Waals surface area contributed by atoms with Crippen LogP contribution in [0.5, 0.6) is 0 Å². The molecule has 1 aromatic heterocycles. The van der Waals surface area contributed by atoms with Gasteiger partial charge >= 0.3 is 0 Å². The van der Waals surface area contributed by atoms with Crippen molar-refractivity contribution in [2.75, 3.05) is 44.4 Å². The molecule has 2 heterocycles. The molecule has 3 rings (SSSR count). The molecule has 0 amide bonds. The fourth-order valence-corrected chi connectivity index (χ4v) is 4.12. The topological polar surface area (TPSA) is 84.4 Å². The lowest BCUT2D eigenvalue weighted by Crippen LogP contribution is -2.47. The molecule has 0 saturated carbocycles. The van der Waals surface area contributed by atoms with Crippen LogP contribution in [0, 0.1) is 5.92 Å². The molecule has 1 saturated heterocycles. The van der Waals surface area contributed by atoms with Crippen LogP contribution in [0.25, 0.3) is 10.9 Å². The standard InChI is InChI=1S/C19H28N4O3S/c1-14(2)10-15(23-6-8-26-9-7-23)12-20-19-17-11-16(27(3,24)25)4-5-18(17)21-13-22-19/h4-5,11,13-15H,6-10,12H2,1-3H3,(H,20,21,22). The van der Waals surface area contributed by atoms with Gasteiger partial charge in [-0.2, -0.15) is 0 Å². The van der Waals surface area contributed by atoms with E-state index in [1.54, 1.807) is 18.2 Å². The molecule has 1 atom stereocenters. The van der Waals surface area contributed by atoms with E-state index in [0.717, 1.165) is 50.2 Å². The molecular weight excluding hydrogens is 364 g/mol. The van der Waals surface area contributed by atoms with Gasteiger partial charge in [-0.3, -0.25) is 4.90 Å². The van der Waals surface area contributed by atoms with Crippen molar-refractivity contribution >= 4 is 26.6 Å². The zero-order valence-corrected chi connectivity index (χ0v) is 17.0. The zero-order valence-electron chi connectivity index (χ0n) is 16.2. The Bertz CT molecular complexity index is 880. The van der Waals surface area contributed by atoms with Crippen molar-refractivity contribution in [3.05, 3.63) is 24.5 Å². The van der Waals surface area contributed by atoms with Gasteiger partial charge < -0.3 is 10.1 Å². The van der Waals surface area contributed by atoms with Gasteiger partial charge in [0.2, 0.25) is 0 Å². The molecule has 1 aliphatic heterocycles. The van der Waals surface area contributed by atoms with Gasteiger partial charge in [0.1, 0.15) is 12.1 Å². The molecule has 1 fully saturated rings. The van der Waals surface area contributed by atoms with Crippen LogP contribution in [0.2, 0.25) is 0 Å². The van der Waals surface area contributed by atoms with Crippen LogP contribution in [0.15, 0.2) is 29.4 Å². The van der Waals surface area contributed by atoms with E-state index in [1.165, 1.54) is 12.6 Å². The van der Waals surface area contributed by atoms with E-state index in [4.69, 9.17) is 4.74 Å². The van der Waals surface area contributed by atoms with Gasteiger partial charge in [-0.05, 0) is 30.5 Å². The molecule has 0 radical (unpaired) electrons. The van der Waals surface area contributed by atoms with Gasteiger partial charge in [0.05, 0.1) is 23.6 Å². The number of fused-ring (bicyclic) bond motifs is 1. The Morgan fingerprint density at radius 2 is 1.96 bits per heavy atom. The summed E-state index contributed by atoms with van der Waals surface area (Å²) in [6.45, 7) is 8.60. The summed E-state index contributed by atoms with van der Waals surface area (Å²) in [4.78, 5) is 11.4. The van der Waals surface area contributed by atoms with Gasteiger partial charge in [0.15, 0.2) is 9.84 Å². The van der Waals surface area contributed by atoms with Crippen LogP contribution in [-0.4, -0.2) is 68.4 Å². The average molecular weight is 393 g/mol. The fraction of sp³-hybridized carbons (Fsp3) is 0.579. The third-order valence-corrected chi connectivity index (χ3v) is 5.96. The maximum absolute atomic E-state index is 11.9. The number of anilines is 1. The van der Waals surface area contributed by atoms with Gasteiger partial charge in [-0.1, -0.05) is 13.8 Å². The van der Waals surface area contributed by atoms with Crippen molar-refractivity contribution < 1.29 is 13.2 Å². The summed E-state index contributed by atoms with van der Waals surface area (Å²) >= 11 is 0. The lowest BCUT2D eigenvalue weighted by molar-refractivity contribution is 0.0150. The molecule has 148 valence electrons. The summed E-state index contributed by atoms with van der Waals surface area (Å²) < 4.78 is 29.3. The summed E-state index contributed by atoms with van der Waals surface area (Å²) in [6, 6.07) is 5.34. The van der Waals surface area contributed by atoms with Crippen molar-refractivity contribution in [3.63, 3.8) is 0 Å². The van der Waals surface area contributed by atoms with E-state index in [9.17, 15) is 8.42 Å². The van der Waals surface area contributed by atoms with E-state index >= 15 is 0 Å². The van der Waals surface area contributed by atoms with Crippen LogP contribution >= 0.6 is 0 Å². The van der Waals surface area contributed by atoms with E-state index in [0.29, 0.717) is 17.8 Å². The lowest BCUT2D eigenvalue weighted by atomic mass is 10.0. The number of hydrogen-bond donors (Lipinski definition) is 1. The van der Waals surface area contributed by atoms with Gasteiger partial charge in [-0.15, -0.1) is 0 Å². The third-order valence-electron chi connectivity index (χ3n) is 4.85. The molecule has 0 aliphatic carbocycles. The average Bonchev–Trinajstić information content (AvgIpc) is 2.64. The molecule has 2 aromatic rings. The van der Waals surface area contributed by atoms with Crippen molar-refractivity contribution in [1.82, 2.24) is 14.9 Å². The number of benzene rings is 1. The van der Waals surface area contributed by atoms with Gasteiger partial charge in [0.25, 0.3) is 0 Å². The van der Waals surface area contributed by atoms with Crippen LogP contribution in [0.1, 0.15) is 20.3 Å². The first kappa shape index (κ1) is 20.0. The van der Waals surface area contributed by atoms with E-state index in [2.05, 4.69) is 34.0 Å². The highest BCUT2D eigenvalue weighted by Gasteiger charge is 2.22. The number of rotatable bonds is 7. The van der Waals surface area contributed by atoms with E-state index < -0.39 is 9.84 Å². The number of sulfone groups is 1. The molecule has 27 heavy (non-hydrogen) atoms. The highest BCUT2D eigenvalue weighted by atomic mass is 32.2. The Kier molecular flexibility index (Phi) is 6.29. The fourth-order valence-electron chi connectivity index (χ4n) is 3.47. The zero-order chi connectivity index (χ0) is 19.4. The molecule has 0 bridgehead atoms. The van der Waals surface area contributed by atoms with Crippen LogP contribution in [0.4, 0.5) is 5.82 Å².